The molecule has 0 heterocycles. The van der Waals surface area contributed by atoms with Crippen molar-refractivity contribution in [3.63, 3.8) is 0 Å². The third-order valence-corrected chi connectivity index (χ3v) is 2.13. The maximum atomic E-state index is 11.5. The number of hydrogen-bond donors (Lipinski definition) is 2. The van der Waals surface area contributed by atoms with Gasteiger partial charge in [-0.2, -0.15) is 0 Å². The number of anilines is 1. The molecule has 0 saturated heterocycles. The first kappa shape index (κ1) is 10.7. The summed E-state index contributed by atoms with van der Waals surface area (Å²) in [6.45, 7) is 1.78. The van der Waals surface area contributed by atoms with Crippen LogP contribution in [0.25, 0.3) is 0 Å². The molecule has 0 aliphatic rings. The van der Waals surface area contributed by atoms with Gasteiger partial charge in [0, 0.05) is 5.69 Å². The van der Waals surface area contributed by atoms with Gasteiger partial charge in [-0.25, -0.2) is 0 Å². The van der Waals surface area contributed by atoms with E-state index in [1.807, 2.05) is 37.3 Å². The second-order valence-electron chi connectivity index (χ2n) is 3.14. The van der Waals surface area contributed by atoms with E-state index in [2.05, 4.69) is 5.32 Å². The maximum Gasteiger partial charge on any atom is 0.229 e. The minimum Gasteiger partial charge on any atom is -0.396 e. The van der Waals surface area contributed by atoms with Crippen molar-refractivity contribution in [3.05, 3.63) is 30.3 Å². The normalized spacial score (nSPS) is 12.1. The van der Waals surface area contributed by atoms with Crippen molar-refractivity contribution >= 4 is 11.6 Å². The molecule has 0 spiro atoms. The van der Waals surface area contributed by atoms with E-state index in [1.54, 1.807) is 0 Å². The number of aliphatic hydroxyl groups excluding tert-OH is 1. The summed E-state index contributed by atoms with van der Waals surface area (Å²) in [6.07, 6.45) is 0.648. The van der Waals surface area contributed by atoms with E-state index in [1.165, 1.54) is 0 Å². The Kier molecular flexibility index (Phi) is 4.13. The van der Waals surface area contributed by atoms with Crippen molar-refractivity contribution in [3.8, 4) is 0 Å². The molecule has 3 heteroatoms. The van der Waals surface area contributed by atoms with Crippen LogP contribution in [0.4, 0.5) is 5.69 Å². The summed E-state index contributed by atoms with van der Waals surface area (Å²) >= 11 is 0. The highest BCUT2D eigenvalue weighted by molar-refractivity contribution is 5.92. The van der Waals surface area contributed by atoms with E-state index in [4.69, 9.17) is 5.11 Å². The molecule has 0 fully saturated rings. The smallest absolute Gasteiger partial charge is 0.229 e. The lowest BCUT2D eigenvalue weighted by Crippen LogP contribution is -2.24. The molecule has 0 aliphatic carbocycles. The molecule has 1 aromatic rings. The predicted molar refractivity (Wildman–Crippen MR) is 55.9 cm³/mol. The predicted octanol–water partition coefficient (Wildman–Crippen LogP) is 1.64. The van der Waals surface area contributed by atoms with E-state index >= 15 is 0 Å². The molecule has 2 N–H and O–H groups in total. The summed E-state index contributed by atoms with van der Waals surface area (Å²) in [5, 5.41) is 11.7. The van der Waals surface area contributed by atoms with E-state index in [-0.39, 0.29) is 18.4 Å². The lowest BCUT2D eigenvalue weighted by molar-refractivity contribution is -0.121. The van der Waals surface area contributed by atoms with Gasteiger partial charge in [0.1, 0.15) is 0 Å². The van der Waals surface area contributed by atoms with Crippen molar-refractivity contribution < 1.29 is 9.90 Å². The van der Waals surface area contributed by atoms with Crippen LogP contribution in [-0.2, 0) is 4.79 Å². The van der Waals surface area contributed by atoms with Crippen molar-refractivity contribution in [1.82, 2.24) is 0 Å². The van der Waals surface area contributed by atoms with E-state index in [0.29, 0.717) is 6.42 Å². The lowest BCUT2D eigenvalue weighted by Gasteiger charge is -2.11. The van der Waals surface area contributed by atoms with Gasteiger partial charge in [-0.1, -0.05) is 25.1 Å². The van der Waals surface area contributed by atoms with E-state index < -0.39 is 0 Å². The minimum atomic E-state index is -0.310. The summed E-state index contributed by atoms with van der Waals surface area (Å²) in [7, 11) is 0. The molecule has 0 bridgehead atoms. The SMILES string of the molecule is CCC(CO)C(=O)Nc1ccccc1. The topological polar surface area (TPSA) is 49.3 Å². The van der Waals surface area contributed by atoms with Gasteiger partial charge in [-0.15, -0.1) is 0 Å². The molecular formula is C11H15NO2. The third kappa shape index (κ3) is 2.85. The Morgan fingerprint density at radius 1 is 1.43 bits per heavy atom. The van der Waals surface area contributed by atoms with Gasteiger partial charge in [0.25, 0.3) is 0 Å². The van der Waals surface area contributed by atoms with Crippen molar-refractivity contribution in [2.75, 3.05) is 11.9 Å². The average molecular weight is 193 g/mol. The summed E-state index contributed by atoms with van der Waals surface area (Å²) in [5.74, 6) is -0.434. The van der Waals surface area contributed by atoms with Crippen LogP contribution in [0.1, 0.15) is 13.3 Å². The molecule has 1 rings (SSSR count). The molecule has 1 atom stereocenters. The van der Waals surface area contributed by atoms with E-state index in [9.17, 15) is 4.79 Å². The number of aliphatic hydroxyl groups is 1. The first-order chi connectivity index (χ1) is 6.77. The zero-order chi connectivity index (χ0) is 10.4. The second-order valence-corrected chi connectivity index (χ2v) is 3.14. The summed E-state index contributed by atoms with van der Waals surface area (Å²) < 4.78 is 0. The Morgan fingerprint density at radius 3 is 2.57 bits per heavy atom. The summed E-state index contributed by atoms with van der Waals surface area (Å²) in [4.78, 5) is 11.5. The Morgan fingerprint density at radius 2 is 2.07 bits per heavy atom. The highest BCUT2D eigenvalue weighted by Crippen LogP contribution is 2.09. The minimum absolute atomic E-state index is 0.102. The Balaban J connectivity index is 2.57. The zero-order valence-corrected chi connectivity index (χ0v) is 8.23. The highest BCUT2D eigenvalue weighted by Gasteiger charge is 2.14. The van der Waals surface area contributed by atoms with Crippen LogP contribution < -0.4 is 5.32 Å². The fourth-order valence-corrected chi connectivity index (χ4v) is 1.16. The number of benzene rings is 1. The molecule has 0 radical (unpaired) electrons. The fraction of sp³-hybridized carbons (Fsp3) is 0.364. The van der Waals surface area contributed by atoms with Crippen LogP contribution in [-0.4, -0.2) is 17.6 Å². The third-order valence-electron chi connectivity index (χ3n) is 2.13. The molecule has 3 nitrogen and oxygen atoms in total. The van der Waals surface area contributed by atoms with Crippen molar-refractivity contribution in [1.29, 1.82) is 0 Å². The van der Waals surface area contributed by atoms with Crippen molar-refractivity contribution in [2.45, 2.75) is 13.3 Å². The van der Waals surface area contributed by atoms with Crippen LogP contribution in [0.3, 0.4) is 0 Å². The van der Waals surface area contributed by atoms with Gasteiger partial charge in [0.15, 0.2) is 0 Å². The molecule has 76 valence electrons. The van der Waals surface area contributed by atoms with Gasteiger partial charge < -0.3 is 10.4 Å². The quantitative estimate of drug-likeness (QED) is 0.763. The summed E-state index contributed by atoms with van der Waals surface area (Å²) in [5.41, 5.74) is 0.768. The lowest BCUT2D eigenvalue weighted by atomic mass is 10.1. The van der Waals surface area contributed by atoms with Crippen LogP contribution in [0.15, 0.2) is 30.3 Å². The van der Waals surface area contributed by atoms with E-state index in [0.717, 1.165) is 5.69 Å². The van der Waals surface area contributed by atoms with Crippen LogP contribution in [0.2, 0.25) is 0 Å². The largest absolute Gasteiger partial charge is 0.396 e. The number of carbonyl (C=O) groups excluding carboxylic acids is 1. The highest BCUT2D eigenvalue weighted by atomic mass is 16.3. The van der Waals surface area contributed by atoms with Crippen molar-refractivity contribution in [2.24, 2.45) is 5.92 Å². The maximum absolute atomic E-state index is 11.5. The van der Waals surface area contributed by atoms with Crippen LogP contribution >= 0.6 is 0 Å². The Hall–Kier alpha value is -1.35. The van der Waals surface area contributed by atoms with Gasteiger partial charge in [0.05, 0.1) is 12.5 Å². The molecule has 14 heavy (non-hydrogen) atoms. The number of nitrogens with one attached hydrogen (secondary N) is 1. The van der Waals surface area contributed by atoms with Gasteiger partial charge >= 0.3 is 0 Å². The standard InChI is InChI=1S/C11H15NO2/c1-2-9(8-13)11(14)12-10-6-4-3-5-7-10/h3-7,9,13H,2,8H2,1H3,(H,12,14). The van der Waals surface area contributed by atoms with Crippen LogP contribution in [0, 0.1) is 5.92 Å². The second kappa shape index (κ2) is 5.40. The Bertz CT molecular complexity index is 281. The monoisotopic (exact) mass is 193 g/mol. The Labute approximate surface area is 83.8 Å². The number of rotatable bonds is 4. The molecular weight excluding hydrogens is 178 g/mol. The molecule has 0 aliphatic heterocycles. The number of amides is 1. The van der Waals surface area contributed by atoms with Gasteiger partial charge in [-0.05, 0) is 18.6 Å². The first-order valence-corrected chi connectivity index (χ1v) is 4.74. The van der Waals surface area contributed by atoms with Gasteiger partial charge in [0.2, 0.25) is 5.91 Å². The zero-order valence-electron chi connectivity index (χ0n) is 8.23. The van der Waals surface area contributed by atoms with Gasteiger partial charge in [-0.3, -0.25) is 4.79 Å². The van der Waals surface area contributed by atoms with Crippen LogP contribution in [0.5, 0.6) is 0 Å². The molecule has 1 amide bonds. The first-order valence-electron chi connectivity index (χ1n) is 4.74. The molecule has 1 aromatic carbocycles. The average Bonchev–Trinajstić information content (AvgIpc) is 2.21. The fourth-order valence-electron chi connectivity index (χ4n) is 1.16. The molecule has 0 aromatic heterocycles. The molecule has 1 unspecified atom stereocenters. The number of carbonyl (C=O) groups is 1. The number of hydrogen-bond acceptors (Lipinski definition) is 2. The number of para-hydroxylation sites is 1. The summed E-state index contributed by atoms with van der Waals surface area (Å²) in [6, 6.07) is 9.24. The molecule has 0 saturated carbocycles.